The summed E-state index contributed by atoms with van der Waals surface area (Å²) in [4.78, 5) is 41.6. The summed E-state index contributed by atoms with van der Waals surface area (Å²) in [7, 11) is 0. The van der Waals surface area contributed by atoms with E-state index in [1.54, 1.807) is 36.4 Å². The van der Waals surface area contributed by atoms with Crippen molar-refractivity contribution in [2.75, 3.05) is 18.7 Å². The molecule has 0 bridgehead atoms. The lowest BCUT2D eigenvalue weighted by Crippen LogP contribution is -2.29. The maximum atomic E-state index is 14.4. The van der Waals surface area contributed by atoms with Crippen LogP contribution in [0.15, 0.2) is 48.7 Å². The number of carbonyl (C=O) groups excluding carboxylic acids is 3. The Morgan fingerprint density at radius 3 is 2.53 bits per heavy atom. The molecule has 3 amide bonds. The molecule has 13 heteroatoms. The molecule has 0 spiro atoms. The van der Waals surface area contributed by atoms with Gasteiger partial charge in [-0.1, -0.05) is 12.1 Å². The zero-order chi connectivity index (χ0) is 26.2. The first kappa shape index (κ1) is 23.2. The molecule has 12 nitrogen and oxygen atoms in total. The van der Waals surface area contributed by atoms with Gasteiger partial charge in [0.25, 0.3) is 17.7 Å². The van der Waals surface area contributed by atoms with Gasteiger partial charge in [0.1, 0.15) is 17.1 Å². The minimum Gasteiger partial charge on any atom is -0.482 e. The highest BCUT2D eigenvalue weighted by atomic mass is 19.1. The van der Waals surface area contributed by atoms with Crippen molar-refractivity contribution in [2.24, 2.45) is 0 Å². The van der Waals surface area contributed by atoms with Crippen molar-refractivity contribution in [3.8, 4) is 17.2 Å². The highest BCUT2D eigenvalue weighted by Crippen LogP contribution is 2.32. The van der Waals surface area contributed by atoms with Gasteiger partial charge < -0.3 is 30.2 Å². The van der Waals surface area contributed by atoms with Crippen molar-refractivity contribution >= 4 is 29.1 Å². The Balaban J connectivity index is 1.19. The van der Waals surface area contributed by atoms with Crippen LogP contribution >= 0.6 is 0 Å². The van der Waals surface area contributed by atoms with Crippen LogP contribution in [0.25, 0.3) is 5.65 Å². The van der Waals surface area contributed by atoms with Crippen LogP contribution in [0.1, 0.15) is 32.1 Å². The zero-order valence-corrected chi connectivity index (χ0v) is 19.6. The van der Waals surface area contributed by atoms with Gasteiger partial charge in [0, 0.05) is 19.2 Å². The van der Waals surface area contributed by atoms with E-state index in [2.05, 4.69) is 26.0 Å². The van der Waals surface area contributed by atoms with Gasteiger partial charge in [-0.3, -0.25) is 14.4 Å². The number of aromatic nitrogens is 3. The molecule has 2 aliphatic rings. The Morgan fingerprint density at radius 2 is 1.68 bits per heavy atom. The SMILES string of the molecule is O=C1COc2ccc(CNC(=O)c3cc(C(=O)NCc4ccc5c(c4)OCO5)n4ncc(F)c4n3)cc2N1. The molecule has 0 aliphatic carbocycles. The molecular weight excluding hydrogens is 499 g/mol. The minimum atomic E-state index is -0.783. The Morgan fingerprint density at radius 1 is 0.947 bits per heavy atom. The Labute approximate surface area is 213 Å². The molecule has 0 radical (unpaired) electrons. The fraction of sp³-hybridized carbons (Fsp3) is 0.160. The number of benzene rings is 2. The molecule has 2 aromatic heterocycles. The topological polar surface area (TPSA) is 145 Å². The van der Waals surface area contributed by atoms with Gasteiger partial charge >= 0.3 is 0 Å². The number of carbonyl (C=O) groups is 3. The minimum absolute atomic E-state index is 0.0605. The van der Waals surface area contributed by atoms with Crippen LogP contribution in [0.5, 0.6) is 17.2 Å². The second-order valence-corrected chi connectivity index (χ2v) is 8.47. The summed E-state index contributed by atoms with van der Waals surface area (Å²) in [5, 5.41) is 12.0. The number of hydrogen-bond donors (Lipinski definition) is 3. The summed E-state index contributed by atoms with van der Waals surface area (Å²) in [5.74, 6) is -0.553. The molecule has 2 aliphatic heterocycles. The highest BCUT2D eigenvalue weighted by molar-refractivity contribution is 5.98. The first-order valence-corrected chi connectivity index (χ1v) is 11.5. The average Bonchev–Trinajstić information content (AvgIpc) is 3.55. The summed E-state index contributed by atoms with van der Waals surface area (Å²) in [6.07, 6.45) is 0.919. The summed E-state index contributed by atoms with van der Waals surface area (Å²) in [6, 6.07) is 11.6. The standard InChI is InChI=1S/C25H19FN6O6/c26-15-10-29-32-18(25(35)28-9-14-2-4-20-21(6-14)38-12-37-20)7-17(31-23(15)32)24(34)27-8-13-1-3-19-16(5-13)30-22(33)11-36-19/h1-7,10H,8-9,11-12H2,(H,27,34)(H,28,35)(H,30,33). The van der Waals surface area contributed by atoms with Crippen molar-refractivity contribution in [3.05, 3.63) is 77.0 Å². The van der Waals surface area contributed by atoms with Crippen LogP contribution in [0.2, 0.25) is 0 Å². The van der Waals surface area contributed by atoms with Crippen LogP contribution in [0.4, 0.5) is 10.1 Å². The van der Waals surface area contributed by atoms with Crippen LogP contribution < -0.4 is 30.2 Å². The van der Waals surface area contributed by atoms with Gasteiger partial charge in [-0.05, 0) is 35.4 Å². The molecule has 0 atom stereocenters. The Kier molecular flexibility index (Phi) is 5.71. The van der Waals surface area contributed by atoms with Crippen molar-refractivity contribution in [1.82, 2.24) is 25.2 Å². The Hall–Kier alpha value is -5.20. The van der Waals surface area contributed by atoms with Crippen LogP contribution in [0, 0.1) is 5.82 Å². The number of fused-ring (bicyclic) bond motifs is 3. The molecule has 38 heavy (non-hydrogen) atoms. The van der Waals surface area contributed by atoms with E-state index in [1.165, 1.54) is 6.07 Å². The molecule has 0 saturated carbocycles. The monoisotopic (exact) mass is 518 g/mol. The second-order valence-electron chi connectivity index (χ2n) is 8.47. The van der Waals surface area contributed by atoms with E-state index in [0.29, 0.717) is 28.5 Å². The maximum Gasteiger partial charge on any atom is 0.270 e. The van der Waals surface area contributed by atoms with Crippen molar-refractivity contribution in [1.29, 1.82) is 0 Å². The molecule has 4 aromatic rings. The Bertz CT molecular complexity index is 1620. The van der Waals surface area contributed by atoms with E-state index in [4.69, 9.17) is 14.2 Å². The summed E-state index contributed by atoms with van der Waals surface area (Å²) >= 11 is 0. The third kappa shape index (κ3) is 4.40. The van der Waals surface area contributed by atoms with E-state index in [0.717, 1.165) is 16.3 Å². The molecule has 192 valence electrons. The van der Waals surface area contributed by atoms with E-state index >= 15 is 0 Å². The van der Waals surface area contributed by atoms with Crippen LogP contribution in [0.3, 0.4) is 0 Å². The summed E-state index contributed by atoms with van der Waals surface area (Å²) < 4.78 is 31.4. The predicted molar refractivity (Wildman–Crippen MR) is 128 cm³/mol. The number of halogens is 1. The quantitative estimate of drug-likeness (QED) is 0.350. The molecule has 0 saturated heterocycles. The summed E-state index contributed by atoms with van der Waals surface area (Å²) in [5.41, 5.74) is 1.43. The fourth-order valence-corrected chi connectivity index (χ4v) is 4.05. The molecule has 0 fully saturated rings. The first-order chi connectivity index (χ1) is 18.4. The second kappa shape index (κ2) is 9.35. The van der Waals surface area contributed by atoms with Crippen molar-refractivity contribution in [2.45, 2.75) is 13.1 Å². The zero-order valence-electron chi connectivity index (χ0n) is 19.6. The van der Waals surface area contributed by atoms with Gasteiger partial charge in [0.15, 0.2) is 29.6 Å². The number of hydrogen-bond acceptors (Lipinski definition) is 8. The van der Waals surface area contributed by atoms with E-state index < -0.39 is 17.6 Å². The molecular formula is C25H19FN6O6. The number of nitrogens with one attached hydrogen (secondary N) is 3. The molecule has 6 rings (SSSR count). The third-order valence-corrected chi connectivity index (χ3v) is 5.91. The molecule has 0 unspecified atom stereocenters. The smallest absolute Gasteiger partial charge is 0.270 e. The average molecular weight is 518 g/mol. The van der Waals surface area contributed by atoms with Gasteiger partial charge in [-0.25, -0.2) is 13.9 Å². The van der Waals surface area contributed by atoms with Gasteiger partial charge in [-0.2, -0.15) is 5.10 Å². The molecule has 2 aromatic carbocycles. The lowest BCUT2D eigenvalue weighted by molar-refractivity contribution is -0.118. The van der Waals surface area contributed by atoms with E-state index in [1.807, 2.05) is 0 Å². The van der Waals surface area contributed by atoms with Crippen LogP contribution in [-0.2, 0) is 17.9 Å². The number of amides is 3. The van der Waals surface area contributed by atoms with Gasteiger partial charge in [-0.15, -0.1) is 0 Å². The largest absolute Gasteiger partial charge is 0.482 e. The lowest BCUT2D eigenvalue weighted by Gasteiger charge is -2.18. The van der Waals surface area contributed by atoms with Crippen molar-refractivity contribution in [3.63, 3.8) is 0 Å². The third-order valence-electron chi connectivity index (χ3n) is 5.91. The maximum absolute atomic E-state index is 14.4. The molecule has 4 heterocycles. The van der Waals surface area contributed by atoms with Gasteiger partial charge in [0.05, 0.1) is 11.9 Å². The first-order valence-electron chi connectivity index (χ1n) is 11.5. The van der Waals surface area contributed by atoms with E-state index in [9.17, 15) is 18.8 Å². The normalized spacial score (nSPS) is 13.4. The lowest BCUT2D eigenvalue weighted by atomic mass is 10.1. The molecule has 3 N–H and O–H groups in total. The number of rotatable bonds is 6. The predicted octanol–water partition coefficient (Wildman–Crippen LogP) is 1.79. The number of nitrogens with zero attached hydrogens (tertiary/aromatic N) is 3. The number of ether oxygens (including phenoxy) is 3. The fourth-order valence-electron chi connectivity index (χ4n) is 4.05. The van der Waals surface area contributed by atoms with Crippen LogP contribution in [-0.4, -0.2) is 45.7 Å². The van der Waals surface area contributed by atoms with Crippen molar-refractivity contribution < 1.29 is 33.0 Å². The highest BCUT2D eigenvalue weighted by Gasteiger charge is 2.21. The number of anilines is 1. The van der Waals surface area contributed by atoms with E-state index in [-0.39, 0.29) is 49.4 Å². The van der Waals surface area contributed by atoms with Gasteiger partial charge in [0.2, 0.25) is 6.79 Å². The summed E-state index contributed by atoms with van der Waals surface area (Å²) in [6.45, 7) is 0.299.